The number of nitrogens with two attached hydrogens (primary N) is 1. The largest absolute Gasteiger partial charge is 0.481 e. The SMILES string of the molecule is COc1ccc2nc(N)n(-c3ccc(Cl)cc3Br)c2n1. The van der Waals surface area contributed by atoms with E-state index in [-0.39, 0.29) is 0 Å². The summed E-state index contributed by atoms with van der Waals surface area (Å²) in [6.07, 6.45) is 0. The Labute approximate surface area is 128 Å². The summed E-state index contributed by atoms with van der Waals surface area (Å²) in [4.78, 5) is 8.70. The summed E-state index contributed by atoms with van der Waals surface area (Å²) in [5.41, 5.74) is 8.14. The van der Waals surface area contributed by atoms with Crippen LogP contribution in [-0.2, 0) is 0 Å². The molecular formula is C13H10BrClN4O. The maximum atomic E-state index is 6.00. The van der Waals surface area contributed by atoms with Gasteiger partial charge in [0.05, 0.1) is 12.8 Å². The molecule has 2 aromatic heterocycles. The van der Waals surface area contributed by atoms with Crippen molar-refractivity contribution >= 4 is 44.6 Å². The van der Waals surface area contributed by atoms with Crippen molar-refractivity contribution in [3.8, 4) is 11.6 Å². The zero-order valence-corrected chi connectivity index (χ0v) is 12.8. The van der Waals surface area contributed by atoms with E-state index < -0.39 is 0 Å². The lowest BCUT2D eigenvalue weighted by Crippen LogP contribution is -2.02. The van der Waals surface area contributed by atoms with Gasteiger partial charge in [-0.3, -0.25) is 4.57 Å². The molecule has 5 nitrogen and oxygen atoms in total. The van der Waals surface area contributed by atoms with E-state index in [0.717, 1.165) is 10.2 Å². The summed E-state index contributed by atoms with van der Waals surface area (Å²) in [5.74, 6) is 0.854. The number of nitrogen functional groups attached to an aromatic ring is 1. The van der Waals surface area contributed by atoms with Crippen LogP contribution in [0.1, 0.15) is 0 Å². The van der Waals surface area contributed by atoms with Crippen molar-refractivity contribution in [1.82, 2.24) is 14.5 Å². The number of anilines is 1. The lowest BCUT2D eigenvalue weighted by atomic mass is 10.3. The summed E-state index contributed by atoms with van der Waals surface area (Å²) in [6.45, 7) is 0. The van der Waals surface area contributed by atoms with E-state index in [9.17, 15) is 0 Å². The third-order valence-corrected chi connectivity index (χ3v) is 3.73. The van der Waals surface area contributed by atoms with E-state index in [0.29, 0.717) is 28.0 Å². The summed E-state index contributed by atoms with van der Waals surface area (Å²) >= 11 is 9.44. The molecule has 0 amide bonds. The number of methoxy groups -OCH3 is 1. The molecule has 7 heteroatoms. The lowest BCUT2D eigenvalue weighted by molar-refractivity contribution is 0.399. The molecule has 2 N–H and O–H groups in total. The first-order valence-corrected chi connectivity index (χ1v) is 6.91. The molecule has 0 spiro atoms. The van der Waals surface area contributed by atoms with Gasteiger partial charge in [0.15, 0.2) is 5.65 Å². The Morgan fingerprint density at radius 1 is 1.25 bits per heavy atom. The number of ether oxygens (including phenoxy) is 1. The average Bonchev–Trinajstić information content (AvgIpc) is 2.74. The summed E-state index contributed by atoms with van der Waals surface area (Å²) in [7, 11) is 1.57. The Kier molecular flexibility index (Phi) is 3.27. The highest BCUT2D eigenvalue weighted by Crippen LogP contribution is 2.30. The number of rotatable bonds is 2. The molecule has 0 aliphatic heterocycles. The molecule has 0 unspecified atom stereocenters. The molecule has 0 saturated heterocycles. The van der Waals surface area contributed by atoms with E-state index in [4.69, 9.17) is 22.1 Å². The molecule has 3 rings (SSSR count). The number of nitrogens with zero attached hydrogens (tertiary/aromatic N) is 3. The predicted octanol–water partition coefficient (Wildman–Crippen LogP) is 3.43. The molecule has 0 bridgehead atoms. The van der Waals surface area contributed by atoms with Crippen LogP contribution in [-0.4, -0.2) is 21.6 Å². The fourth-order valence-electron chi connectivity index (χ4n) is 1.97. The Morgan fingerprint density at radius 2 is 2.05 bits per heavy atom. The zero-order chi connectivity index (χ0) is 14.3. The fourth-order valence-corrected chi connectivity index (χ4v) is 2.83. The van der Waals surface area contributed by atoms with Crippen molar-refractivity contribution in [3.05, 3.63) is 39.8 Å². The first-order chi connectivity index (χ1) is 9.60. The van der Waals surface area contributed by atoms with E-state index in [1.54, 1.807) is 29.9 Å². The molecule has 0 aliphatic rings. The van der Waals surface area contributed by atoms with Gasteiger partial charge < -0.3 is 10.5 Å². The Balaban J connectivity index is 2.31. The molecule has 0 fully saturated rings. The van der Waals surface area contributed by atoms with E-state index in [2.05, 4.69) is 25.9 Å². The van der Waals surface area contributed by atoms with Gasteiger partial charge in [0, 0.05) is 15.6 Å². The number of imidazole rings is 1. The van der Waals surface area contributed by atoms with Gasteiger partial charge in [-0.1, -0.05) is 11.6 Å². The highest BCUT2D eigenvalue weighted by atomic mass is 79.9. The van der Waals surface area contributed by atoms with Gasteiger partial charge >= 0.3 is 0 Å². The third kappa shape index (κ3) is 2.10. The maximum Gasteiger partial charge on any atom is 0.215 e. The van der Waals surface area contributed by atoms with Gasteiger partial charge in [-0.15, -0.1) is 0 Å². The van der Waals surface area contributed by atoms with Crippen molar-refractivity contribution in [1.29, 1.82) is 0 Å². The quantitative estimate of drug-likeness (QED) is 0.766. The highest BCUT2D eigenvalue weighted by molar-refractivity contribution is 9.10. The van der Waals surface area contributed by atoms with Crippen LogP contribution in [0.3, 0.4) is 0 Å². The molecule has 0 atom stereocenters. The topological polar surface area (TPSA) is 66.0 Å². The molecule has 0 radical (unpaired) electrons. The van der Waals surface area contributed by atoms with E-state index in [1.807, 2.05) is 12.1 Å². The van der Waals surface area contributed by atoms with Crippen molar-refractivity contribution in [2.24, 2.45) is 0 Å². The van der Waals surface area contributed by atoms with Crippen LogP contribution in [0.25, 0.3) is 16.9 Å². The lowest BCUT2D eigenvalue weighted by Gasteiger charge is -2.09. The number of hydrogen-bond donors (Lipinski definition) is 1. The van der Waals surface area contributed by atoms with Gasteiger partial charge in [-0.05, 0) is 40.2 Å². The first-order valence-electron chi connectivity index (χ1n) is 5.74. The number of halogens is 2. The van der Waals surface area contributed by atoms with E-state index >= 15 is 0 Å². The molecule has 2 heterocycles. The number of aromatic nitrogens is 3. The predicted molar refractivity (Wildman–Crippen MR) is 82.5 cm³/mol. The summed E-state index contributed by atoms with van der Waals surface area (Å²) in [6, 6.07) is 8.99. The van der Waals surface area contributed by atoms with Crippen molar-refractivity contribution < 1.29 is 4.74 Å². The molecule has 1 aromatic carbocycles. The average molecular weight is 354 g/mol. The minimum atomic E-state index is 0.351. The van der Waals surface area contributed by atoms with E-state index in [1.165, 1.54) is 0 Å². The second-order valence-electron chi connectivity index (χ2n) is 4.10. The van der Waals surface area contributed by atoms with Crippen LogP contribution in [0.5, 0.6) is 5.88 Å². The minimum Gasteiger partial charge on any atom is -0.481 e. The van der Waals surface area contributed by atoms with Crippen LogP contribution in [0.4, 0.5) is 5.95 Å². The number of pyridine rings is 1. The number of hydrogen-bond acceptors (Lipinski definition) is 4. The minimum absolute atomic E-state index is 0.351. The number of fused-ring (bicyclic) bond motifs is 1. The first kappa shape index (κ1) is 13.2. The van der Waals surface area contributed by atoms with Crippen LogP contribution in [0, 0.1) is 0 Å². The highest BCUT2D eigenvalue weighted by Gasteiger charge is 2.14. The Bertz CT molecular complexity index is 802. The second-order valence-corrected chi connectivity index (χ2v) is 5.39. The van der Waals surface area contributed by atoms with Gasteiger partial charge in [0.25, 0.3) is 0 Å². The molecule has 3 aromatic rings. The van der Waals surface area contributed by atoms with Crippen molar-refractivity contribution in [2.45, 2.75) is 0 Å². The second kappa shape index (κ2) is 4.96. The maximum absolute atomic E-state index is 6.00. The molecule has 0 saturated carbocycles. The number of benzene rings is 1. The van der Waals surface area contributed by atoms with Gasteiger partial charge in [0.1, 0.15) is 5.52 Å². The molecule has 0 aliphatic carbocycles. The van der Waals surface area contributed by atoms with Crippen LogP contribution < -0.4 is 10.5 Å². The van der Waals surface area contributed by atoms with Crippen molar-refractivity contribution in [3.63, 3.8) is 0 Å². The summed E-state index contributed by atoms with van der Waals surface area (Å²) < 4.78 is 7.70. The molecule has 20 heavy (non-hydrogen) atoms. The molecule has 102 valence electrons. The van der Waals surface area contributed by atoms with Gasteiger partial charge in [0.2, 0.25) is 11.8 Å². The zero-order valence-electron chi connectivity index (χ0n) is 10.5. The smallest absolute Gasteiger partial charge is 0.215 e. The fraction of sp³-hybridized carbons (Fsp3) is 0.0769. The molecular weight excluding hydrogens is 344 g/mol. The third-order valence-electron chi connectivity index (χ3n) is 2.86. The standard InChI is InChI=1S/C13H10BrClN4O/c1-20-11-5-3-9-12(18-11)19(13(16)17-9)10-4-2-7(15)6-8(10)14/h2-6H,1H3,(H2,16,17). The Hall–Kier alpha value is -1.79. The van der Waals surface area contributed by atoms with Crippen molar-refractivity contribution in [2.75, 3.05) is 12.8 Å². The monoisotopic (exact) mass is 352 g/mol. The normalized spacial score (nSPS) is 10.9. The van der Waals surface area contributed by atoms with Crippen LogP contribution in [0.15, 0.2) is 34.8 Å². The van der Waals surface area contributed by atoms with Gasteiger partial charge in [-0.25, -0.2) is 4.98 Å². The van der Waals surface area contributed by atoms with Crippen LogP contribution in [0.2, 0.25) is 5.02 Å². The van der Waals surface area contributed by atoms with Gasteiger partial charge in [-0.2, -0.15) is 4.98 Å². The van der Waals surface area contributed by atoms with Crippen LogP contribution >= 0.6 is 27.5 Å². The Morgan fingerprint density at radius 3 is 2.75 bits per heavy atom. The summed E-state index contributed by atoms with van der Waals surface area (Å²) in [5, 5.41) is 0.633.